The average Bonchev–Trinajstić information content (AvgIpc) is 2.45. The molecular formula is C15H25ClN2O2S. The molecule has 0 saturated heterocycles. The Morgan fingerprint density at radius 3 is 2.43 bits per heavy atom. The summed E-state index contributed by atoms with van der Waals surface area (Å²) in [5.41, 5.74) is 0.364. The summed E-state index contributed by atoms with van der Waals surface area (Å²) in [6.45, 7) is 9.16. The fraction of sp³-hybridized carbons (Fsp3) is 0.600. The molecule has 0 aromatic heterocycles. The van der Waals surface area contributed by atoms with Gasteiger partial charge in [0.25, 0.3) is 0 Å². The molecule has 6 heteroatoms. The number of sulfonamides is 1. The standard InChI is InChI=1S/C15H25ClN2O2S/c1-6-15(3,4)18(5)21(19,20)13-8-9-14(16)12(10-13)11-17-7-2/h8-10,17H,6-7,11H2,1-5H3. The van der Waals surface area contributed by atoms with Gasteiger partial charge in [-0.15, -0.1) is 0 Å². The maximum atomic E-state index is 12.7. The molecule has 1 rings (SSSR count). The molecular weight excluding hydrogens is 308 g/mol. The summed E-state index contributed by atoms with van der Waals surface area (Å²) in [7, 11) is -1.90. The number of rotatable bonds is 7. The van der Waals surface area contributed by atoms with Gasteiger partial charge in [-0.25, -0.2) is 8.42 Å². The molecule has 0 fully saturated rings. The van der Waals surface area contributed by atoms with Crippen LogP contribution in [0.1, 0.15) is 39.7 Å². The zero-order valence-electron chi connectivity index (χ0n) is 13.4. The van der Waals surface area contributed by atoms with Crippen LogP contribution >= 0.6 is 11.6 Å². The number of hydrogen-bond acceptors (Lipinski definition) is 3. The third-order valence-corrected chi connectivity index (χ3v) is 6.39. The van der Waals surface area contributed by atoms with Crippen LogP contribution in [-0.2, 0) is 16.6 Å². The fourth-order valence-electron chi connectivity index (χ4n) is 1.81. The first-order chi connectivity index (χ1) is 9.66. The molecule has 0 atom stereocenters. The normalized spacial score (nSPS) is 12.9. The molecule has 4 nitrogen and oxygen atoms in total. The van der Waals surface area contributed by atoms with Crippen molar-refractivity contribution in [2.24, 2.45) is 0 Å². The van der Waals surface area contributed by atoms with Crippen molar-refractivity contribution < 1.29 is 8.42 Å². The highest BCUT2D eigenvalue weighted by Crippen LogP contribution is 2.27. The van der Waals surface area contributed by atoms with Gasteiger partial charge in [0.2, 0.25) is 10.0 Å². The molecule has 0 unspecified atom stereocenters. The smallest absolute Gasteiger partial charge is 0.243 e. The van der Waals surface area contributed by atoms with E-state index >= 15 is 0 Å². The lowest BCUT2D eigenvalue weighted by atomic mass is 10.0. The van der Waals surface area contributed by atoms with Crippen LogP contribution in [0.5, 0.6) is 0 Å². The SMILES string of the molecule is CCNCc1cc(S(=O)(=O)N(C)C(C)(C)CC)ccc1Cl. The summed E-state index contributed by atoms with van der Waals surface area (Å²) >= 11 is 6.13. The maximum Gasteiger partial charge on any atom is 0.243 e. The minimum absolute atomic E-state index is 0.281. The molecule has 120 valence electrons. The molecule has 21 heavy (non-hydrogen) atoms. The van der Waals surface area contributed by atoms with Crippen molar-refractivity contribution in [2.45, 2.75) is 51.1 Å². The lowest BCUT2D eigenvalue weighted by Crippen LogP contribution is -2.44. The van der Waals surface area contributed by atoms with E-state index in [9.17, 15) is 8.42 Å². The molecule has 1 aromatic rings. The minimum atomic E-state index is -3.53. The molecule has 0 aliphatic rings. The summed E-state index contributed by atoms with van der Waals surface area (Å²) in [4.78, 5) is 0.281. The Bertz CT molecular complexity index is 585. The van der Waals surface area contributed by atoms with Crippen molar-refractivity contribution in [3.63, 3.8) is 0 Å². The molecule has 1 aromatic carbocycles. The molecule has 0 spiro atoms. The molecule has 1 N–H and O–H groups in total. The largest absolute Gasteiger partial charge is 0.313 e. The van der Waals surface area contributed by atoms with Gasteiger partial charge in [0, 0.05) is 24.2 Å². The van der Waals surface area contributed by atoms with Crippen molar-refractivity contribution in [2.75, 3.05) is 13.6 Å². The van der Waals surface area contributed by atoms with Crippen molar-refractivity contribution in [1.82, 2.24) is 9.62 Å². The highest BCUT2D eigenvalue weighted by Gasteiger charge is 2.32. The third kappa shape index (κ3) is 4.19. The Morgan fingerprint density at radius 2 is 1.90 bits per heavy atom. The van der Waals surface area contributed by atoms with Gasteiger partial charge < -0.3 is 5.32 Å². The van der Waals surface area contributed by atoms with Crippen molar-refractivity contribution in [3.8, 4) is 0 Å². The van der Waals surface area contributed by atoms with Gasteiger partial charge in [-0.2, -0.15) is 4.31 Å². The zero-order valence-corrected chi connectivity index (χ0v) is 15.0. The number of nitrogens with zero attached hydrogens (tertiary/aromatic N) is 1. The summed E-state index contributed by atoms with van der Waals surface area (Å²) in [6.07, 6.45) is 0.737. The topological polar surface area (TPSA) is 49.4 Å². The lowest BCUT2D eigenvalue weighted by Gasteiger charge is -2.33. The van der Waals surface area contributed by atoms with E-state index in [4.69, 9.17) is 11.6 Å². The lowest BCUT2D eigenvalue weighted by molar-refractivity contribution is 0.257. The minimum Gasteiger partial charge on any atom is -0.313 e. The number of halogens is 1. The Hall–Kier alpha value is -0.620. The quantitative estimate of drug-likeness (QED) is 0.833. The zero-order chi connectivity index (χ0) is 16.3. The number of nitrogens with one attached hydrogen (secondary N) is 1. The summed E-state index contributed by atoms with van der Waals surface area (Å²) < 4.78 is 26.9. The van der Waals surface area contributed by atoms with Crippen LogP contribution in [0.25, 0.3) is 0 Å². The van der Waals surface area contributed by atoms with Gasteiger partial charge in [-0.3, -0.25) is 0 Å². The Morgan fingerprint density at radius 1 is 1.29 bits per heavy atom. The first kappa shape index (κ1) is 18.4. The van der Waals surface area contributed by atoms with E-state index < -0.39 is 15.6 Å². The Kier molecular flexibility index (Phi) is 6.23. The van der Waals surface area contributed by atoms with Gasteiger partial charge in [-0.1, -0.05) is 25.4 Å². The average molecular weight is 333 g/mol. The molecule has 0 aliphatic carbocycles. The van der Waals surface area contributed by atoms with E-state index in [1.165, 1.54) is 4.31 Å². The van der Waals surface area contributed by atoms with Crippen LogP contribution in [0.4, 0.5) is 0 Å². The van der Waals surface area contributed by atoms with Gasteiger partial charge in [0.15, 0.2) is 0 Å². The van der Waals surface area contributed by atoms with Gasteiger partial charge >= 0.3 is 0 Å². The number of benzene rings is 1. The second-order valence-corrected chi connectivity index (χ2v) is 8.05. The highest BCUT2D eigenvalue weighted by molar-refractivity contribution is 7.89. The maximum absolute atomic E-state index is 12.7. The molecule has 0 radical (unpaired) electrons. The monoisotopic (exact) mass is 332 g/mol. The predicted octanol–water partition coefficient (Wildman–Crippen LogP) is 3.26. The predicted molar refractivity (Wildman–Crippen MR) is 88.2 cm³/mol. The molecule has 0 saturated carbocycles. The first-order valence-electron chi connectivity index (χ1n) is 7.15. The van der Waals surface area contributed by atoms with E-state index in [0.29, 0.717) is 11.6 Å². The van der Waals surface area contributed by atoms with Crippen molar-refractivity contribution in [1.29, 1.82) is 0 Å². The second-order valence-electron chi connectivity index (χ2n) is 5.67. The van der Waals surface area contributed by atoms with E-state index in [2.05, 4.69) is 5.32 Å². The Balaban J connectivity index is 3.20. The van der Waals surface area contributed by atoms with Crippen LogP contribution in [0.15, 0.2) is 23.1 Å². The van der Waals surface area contributed by atoms with Crippen molar-refractivity contribution in [3.05, 3.63) is 28.8 Å². The van der Waals surface area contributed by atoms with Gasteiger partial charge in [0.1, 0.15) is 0 Å². The fourth-order valence-corrected chi connectivity index (χ4v) is 3.62. The van der Waals surface area contributed by atoms with Gasteiger partial charge in [0.05, 0.1) is 4.90 Å². The van der Waals surface area contributed by atoms with Crippen LogP contribution in [0, 0.1) is 0 Å². The number of hydrogen-bond donors (Lipinski definition) is 1. The van der Waals surface area contributed by atoms with E-state index in [1.54, 1.807) is 25.2 Å². The molecule has 0 amide bonds. The highest BCUT2D eigenvalue weighted by atomic mass is 35.5. The van der Waals surface area contributed by atoms with E-state index in [1.807, 2.05) is 27.7 Å². The summed E-state index contributed by atoms with van der Waals surface area (Å²) in [5, 5.41) is 3.74. The third-order valence-electron chi connectivity index (χ3n) is 3.96. The van der Waals surface area contributed by atoms with Gasteiger partial charge in [-0.05, 0) is 50.6 Å². The molecule has 0 aliphatic heterocycles. The second kappa shape index (κ2) is 7.09. The van der Waals surface area contributed by atoms with E-state index in [0.717, 1.165) is 18.5 Å². The van der Waals surface area contributed by atoms with Crippen LogP contribution in [0.3, 0.4) is 0 Å². The first-order valence-corrected chi connectivity index (χ1v) is 8.96. The summed E-state index contributed by atoms with van der Waals surface area (Å²) in [6, 6.07) is 4.87. The summed E-state index contributed by atoms with van der Waals surface area (Å²) in [5.74, 6) is 0. The molecule has 0 bridgehead atoms. The Labute approximate surface area is 133 Å². The van der Waals surface area contributed by atoms with Crippen LogP contribution in [-0.4, -0.2) is 31.9 Å². The molecule has 0 heterocycles. The van der Waals surface area contributed by atoms with E-state index in [-0.39, 0.29) is 4.90 Å². The van der Waals surface area contributed by atoms with Crippen molar-refractivity contribution >= 4 is 21.6 Å². The van der Waals surface area contributed by atoms with Crippen LogP contribution < -0.4 is 5.32 Å². The van der Waals surface area contributed by atoms with Crippen LogP contribution in [0.2, 0.25) is 5.02 Å².